The maximum Gasteiger partial charge on any atom is 0.315 e. The lowest BCUT2D eigenvalue weighted by Crippen LogP contribution is -2.34. The molecule has 0 radical (unpaired) electrons. The Bertz CT molecular complexity index is 918. The van der Waals surface area contributed by atoms with E-state index >= 15 is 0 Å². The number of rotatable bonds is 4. The van der Waals surface area contributed by atoms with Crippen molar-refractivity contribution in [1.29, 1.82) is 0 Å². The van der Waals surface area contributed by atoms with Gasteiger partial charge in [0.25, 0.3) is 5.92 Å². The summed E-state index contributed by atoms with van der Waals surface area (Å²) in [5, 5.41) is 10.8. The van der Waals surface area contributed by atoms with Crippen LogP contribution in [0.4, 0.5) is 14.8 Å². The summed E-state index contributed by atoms with van der Waals surface area (Å²) in [6.07, 6.45) is 0.983. The van der Waals surface area contributed by atoms with Crippen LogP contribution in [0.2, 0.25) is 0 Å². The second-order valence-electron chi connectivity index (χ2n) is 7.85. The zero-order chi connectivity index (χ0) is 19.4. The van der Waals surface area contributed by atoms with Crippen LogP contribution >= 0.6 is 0 Å². The highest BCUT2D eigenvalue weighted by molar-refractivity contribution is 5.80. The van der Waals surface area contributed by atoms with Crippen molar-refractivity contribution in [1.82, 2.24) is 15.1 Å². The number of amides is 1. The Kier molecular flexibility index (Phi) is 3.82. The number of anilines is 1. The number of carbonyl (C=O) groups excluding carboxylic acids is 1. The number of nitrogens with one attached hydrogen (secondary N) is 1. The normalized spacial score (nSPS) is 27.4. The molecule has 28 heavy (non-hydrogen) atoms. The standard InChI is InChI=1S/C19H20F2N4O3/c20-19(21)10-18(19)5-6-25(11-18)15(26)8-22-17-24-23-16(28-17)13-7-12-3-1-2-4-14(12)27-9-13/h1-4,13H,5-11H2,(H,22,24)/t13-,18?/m1/s1. The smallest absolute Gasteiger partial charge is 0.315 e. The third-order valence-electron chi connectivity index (χ3n) is 5.98. The lowest BCUT2D eigenvalue weighted by Gasteiger charge is -2.22. The van der Waals surface area contributed by atoms with Crippen molar-refractivity contribution in [2.45, 2.75) is 31.1 Å². The fraction of sp³-hybridized carbons (Fsp3) is 0.526. The summed E-state index contributed by atoms with van der Waals surface area (Å²) in [7, 11) is 0. The van der Waals surface area contributed by atoms with Gasteiger partial charge in [-0.05, 0) is 24.5 Å². The molecule has 9 heteroatoms. The van der Waals surface area contributed by atoms with Gasteiger partial charge in [-0.15, -0.1) is 5.10 Å². The van der Waals surface area contributed by atoms with Crippen LogP contribution in [0.3, 0.4) is 0 Å². The Labute approximate surface area is 160 Å². The van der Waals surface area contributed by atoms with Crippen LogP contribution in [0.5, 0.6) is 5.75 Å². The highest BCUT2D eigenvalue weighted by Crippen LogP contribution is 2.65. The number of likely N-dealkylation sites (tertiary alicyclic amines) is 1. The number of benzene rings is 1. The van der Waals surface area contributed by atoms with Gasteiger partial charge in [0.15, 0.2) is 0 Å². The summed E-state index contributed by atoms with van der Waals surface area (Å²) >= 11 is 0. The number of para-hydroxylation sites is 1. The van der Waals surface area contributed by atoms with Crippen molar-refractivity contribution in [2.24, 2.45) is 5.41 Å². The summed E-state index contributed by atoms with van der Waals surface area (Å²) < 4.78 is 38.3. The second-order valence-corrected chi connectivity index (χ2v) is 7.85. The molecule has 2 atom stereocenters. The van der Waals surface area contributed by atoms with Crippen LogP contribution in [-0.4, -0.2) is 53.2 Å². The number of alkyl halides is 2. The van der Waals surface area contributed by atoms with E-state index in [0.717, 1.165) is 17.7 Å². The molecular weight excluding hydrogens is 370 g/mol. The van der Waals surface area contributed by atoms with Gasteiger partial charge in [0.2, 0.25) is 11.8 Å². The van der Waals surface area contributed by atoms with Crippen molar-refractivity contribution in [2.75, 3.05) is 31.6 Å². The Morgan fingerprint density at radius 3 is 2.93 bits per heavy atom. The zero-order valence-electron chi connectivity index (χ0n) is 15.2. The predicted molar refractivity (Wildman–Crippen MR) is 94.4 cm³/mol. The third-order valence-corrected chi connectivity index (χ3v) is 5.98. The van der Waals surface area contributed by atoms with E-state index in [4.69, 9.17) is 9.15 Å². The summed E-state index contributed by atoms with van der Waals surface area (Å²) in [5.74, 6) is -1.61. The van der Waals surface area contributed by atoms with Gasteiger partial charge in [0.1, 0.15) is 12.4 Å². The summed E-state index contributed by atoms with van der Waals surface area (Å²) in [6.45, 7) is 0.868. The van der Waals surface area contributed by atoms with Gasteiger partial charge in [-0.1, -0.05) is 23.3 Å². The topological polar surface area (TPSA) is 80.5 Å². The quantitative estimate of drug-likeness (QED) is 0.864. The molecule has 2 aliphatic heterocycles. The molecule has 2 aromatic rings. The molecule has 3 aliphatic rings. The van der Waals surface area contributed by atoms with E-state index in [1.165, 1.54) is 4.90 Å². The van der Waals surface area contributed by atoms with Crippen molar-refractivity contribution >= 4 is 11.9 Å². The largest absolute Gasteiger partial charge is 0.492 e. The molecule has 1 aromatic heterocycles. The molecule has 0 bridgehead atoms. The van der Waals surface area contributed by atoms with Gasteiger partial charge in [0.05, 0.1) is 17.9 Å². The summed E-state index contributed by atoms with van der Waals surface area (Å²) in [4.78, 5) is 13.8. The highest BCUT2D eigenvalue weighted by atomic mass is 19.3. The molecule has 3 heterocycles. The minimum absolute atomic E-state index is 0.0517. The monoisotopic (exact) mass is 390 g/mol. The molecule has 1 amide bonds. The van der Waals surface area contributed by atoms with Crippen LogP contribution in [0.25, 0.3) is 0 Å². The molecule has 1 spiro atoms. The first-order chi connectivity index (χ1) is 13.5. The first-order valence-corrected chi connectivity index (χ1v) is 9.39. The highest BCUT2D eigenvalue weighted by Gasteiger charge is 2.72. The number of nitrogens with zero attached hydrogens (tertiary/aromatic N) is 3. The zero-order valence-corrected chi connectivity index (χ0v) is 15.2. The molecule has 148 valence electrons. The minimum atomic E-state index is -2.63. The Hall–Kier alpha value is -2.71. The molecule has 1 saturated carbocycles. The molecule has 1 unspecified atom stereocenters. The van der Waals surface area contributed by atoms with Gasteiger partial charge in [-0.25, -0.2) is 8.78 Å². The van der Waals surface area contributed by atoms with Crippen LogP contribution in [-0.2, 0) is 11.2 Å². The SMILES string of the molecule is O=C(CNc1nnc([C@H]2COc3ccccc3C2)o1)N1CCC2(C1)CC2(F)F. The Morgan fingerprint density at radius 2 is 2.14 bits per heavy atom. The van der Waals surface area contributed by atoms with Gasteiger partial charge < -0.3 is 19.4 Å². The molecule has 1 aromatic carbocycles. The number of fused-ring (bicyclic) bond motifs is 1. The third kappa shape index (κ3) is 2.89. The average molecular weight is 390 g/mol. The fourth-order valence-corrected chi connectivity index (χ4v) is 4.13. The molecule has 5 rings (SSSR count). The number of ether oxygens (including phenoxy) is 1. The maximum absolute atomic E-state index is 13.5. The number of halogens is 2. The molecule has 1 N–H and O–H groups in total. The van der Waals surface area contributed by atoms with Crippen molar-refractivity contribution in [3.8, 4) is 5.75 Å². The molecule has 2 fully saturated rings. The minimum Gasteiger partial charge on any atom is -0.492 e. The molecular formula is C19H20F2N4O3. The first kappa shape index (κ1) is 17.4. The van der Waals surface area contributed by atoms with Gasteiger partial charge in [-0.3, -0.25) is 4.79 Å². The van der Waals surface area contributed by atoms with E-state index in [0.29, 0.717) is 25.5 Å². The lowest BCUT2D eigenvalue weighted by molar-refractivity contribution is -0.128. The maximum atomic E-state index is 13.5. The first-order valence-electron chi connectivity index (χ1n) is 9.39. The number of hydrogen-bond donors (Lipinski definition) is 1. The number of aromatic nitrogens is 2. The van der Waals surface area contributed by atoms with E-state index in [-0.39, 0.29) is 37.4 Å². The van der Waals surface area contributed by atoms with Crippen LogP contribution < -0.4 is 10.1 Å². The van der Waals surface area contributed by atoms with E-state index in [1.54, 1.807) is 0 Å². The van der Waals surface area contributed by atoms with E-state index < -0.39 is 11.3 Å². The Morgan fingerprint density at radius 1 is 1.32 bits per heavy atom. The average Bonchev–Trinajstić information content (AvgIpc) is 3.11. The number of carbonyl (C=O) groups is 1. The Balaban J connectivity index is 1.16. The van der Waals surface area contributed by atoms with Crippen molar-refractivity contribution in [3.63, 3.8) is 0 Å². The molecule has 1 saturated heterocycles. The van der Waals surface area contributed by atoms with Gasteiger partial charge in [0, 0.05) is 19.5 Å². The van der Waals surface area contributed by atoms with E-state index in [2.05, 4.69) is 15.5 Å². The second kappa shape index (κ2) is 6.15. The van der Waals surface area contributed by atoms with E-state index in [9.17, 15) is 13.6 Å². The summed E-state index contributed by atoms with van der Waals surface area (Å²) in [6, 6.07) is 7.96. The fourth-order valence-electron chi connectivity index (χ4n) is 4.13. The van der Waals surface area contributed by atoms with Crippen LogP contribution in [0.15, 0.2) is 28.7 Å². The van der Waals surface area contributed by atoms with Gasteiger partial charge >= 0.3 is 6.01 Å². The number of hydrogen-bond acceptors (Lipinski definition) is 6. The lowest BCUT2D eigenvalue weighted by atomic mass is 9.97. The predicted octanol–water partition coefficient (Wildman–Crippen LogP) is 2.46. The molecule has 7 nitrogen and oxygen atoms in total. The summed E-state index contributed by atoms with van der Waals surface area (Å²) in [5.41, 5.74) is 0.0962. The van der Waals surface area contributed by atoms with E-state index in [1.807, 2.05) is 24.3 Å². The van der Waals surface area contributed by atoms with Crippen molar-refractivity contribution in [3.05, 3.63) is 35.7 Å². The van der Waals surface area contributed by atoms with Crippen molar-refractivity contribution < 1.29 is 22.7 Å². The van der Waals surface area contributed by atoms with Gasteiger partial charge in [-0.2, -0.15) is 0 Å². The van der Waals surface area contributed by atoms with Crippen LogP contribution in [0.1, 0.15) is 30.2 Å². The molecule has 1 aliphatic carbocycles. The van der Waals surface area contributed by atoms with Crippen LogP contribution in [0, 0.1) is 5.41 Å².